The van der Waals surface area contributed by atoms with Gasteiger partial charge in [-0.15, -0.1) is 0 Å². The van der Waals surface area contributed by atoms with E-state index in [1.807, 2.05) is 0 Å². The van der Waals surface area contributed by atoms with Gasteiger partial charge in [-0.05, 0) is 40.5 Å². The molecule has 0 heterocycles. The molecule has 164 valence electrons. The van der Waals surface area contributed by atoms with Crippen LogP contribution in [0.15, 0.2) is 48.6 Å². The van der Waals surface area contributed by atoms with Gasteiger partial charge in [0.1, 0.15) is 0 Å². The zero-order valence-electron chi connectivity index (χ0n) is 17.9. The van der Waals surface area contributed by atoms with E-state index in [1.54, 1.807) is 0 Å². The predicted octanol–water partition coefficient (Wildman–Crippen LogP) is 3.43. The number of carbonyl (C=O) groups excluding carboxylic acids is 4. The summed E-state index contributed by atoms with van der Waals surface area (Å²) < 4.78 is 22.0. The second kappa shape index (κ2) is 9.56. The molecule has 0 radical (unpaired) electrons. The summed E-state index contributed by atoms with van der Waals surface area (Å²) in [5, 5.41) is 0. The van der Waals surface area contributed by atoms with Crippen LogP contribution in [0.4, 0.5) is 0 Å². The number of hydrogen-bond acceptors (Lipinski definition) is 8. The minimum atomic E-state index is -2.26. The summed E-state index contributed by atoms with van der Waals surface area (Å²) in [6.45, 7) is 19.6. The molecule has 0 aliphatic heterocycles. The summed E-state index contributed by atoms with van der Waals surface area (Å²) in [5.74, 6) is -8.20. The molecule has 0 unspecified atom stereocenters. The van der Waals surface area contributed by atoms with E-state index in [0.29, 0.717) is 12.8 Å². The lowest BCUT2D eigenvalue weighted by molar-refractivity contribution is -0.372. The molecule has 0 N–H and O–H groups in total. The van der Waals surface area contributed by atoms with Gasteiger partial charge in [0.15, 0.2) is 0 Å². The van der Waals surface area contributed by atoms with Crippen LogP contribution in [0.5, 0.6) is 0 Å². The molecular weight excluding hydrogens is 392 g/mol. The van der Waals surface area contributed by atoms with Crippen molar-refractivity contribution in [2.75, 3.05) is 0 Å². The number of carbonyl (C=O) groups is 4. The van der Waals surface area contributed by atoms with Crippen molar-refractivity contribution in [1.29, 1.82) is 0 Å². The van der Waals surface area contributed by atoms with Gasteiger partial charge in [-0.2, -0.15) is 0 Å². The fourth-order valence-corrected chi connectivity index (χ4v) is 2.60. The summed E-state index contributed by atoms with van der Waals surface area (Å²) in [4.78, 5) is 49.8. The van der Waals surface area contributed by atoms with Crippen molar-refractivity contribution in [3.63, 3.8) is 0 Å². The highest BCUT2D eigenvalue weighted by molar-refractivity contribution is 5.91. The molecule has 1 aliphatic rings. The average molecular weight is 420 g/mol. The number of rotatable bonds is 8. The molecule has 1 aliphatic carbocycles. The van der Waals surface area contributed by atoms with Gasteiger partial charge < -0.3 is 18.9 Å². The molecule has 0 saturated heterocycles. The van der Waals surface area contributed by atoms with Crippen molar-refractivity contribution in [1.82, 2.24) is 0 Å². The Balaban J connectivity index is 3.70. The molecular formula is C22H28O8. The Bertz CT molecular complexity index is 693. The Kier molecular flexibility index (Phi) is 7.93. The molecule has 1 saturated carbocycles. The highest BCUT2D eigenvalue weighted by Crippen LogP contribution is 2.46. The number of esters is 4. The van der Waals surface area contributed by atoms with E-state index in [1.165, 1.54) is 27.7 Å². The topological polar surface area (TPSA) is 105 Å². The van der Waals surface area contributed by atoms with Crippen molar-refractivity contribution in [2.24, 2.45) is 0 Å². The third kappa shape index (κ3) is 5.46. The van der Waals surface area contributed by atoms with Crippen LogP contribution in [0.3, 0.4) is 0 Å². The van der Waals surface area contributed by atoms with Gasteiger partial charge >= 0.3 is 35.5 Å². The molecule has 0 atom stereocenters. The quantitative estimate of drug-likeness (QED) is 0.334. The smallest absolute Gasteiger partial charge is 0.336 e. The Labute approximate surface area is 176 Å². The molecule has 0 aromatic carbocycles. The largest absolute Gasteiger partial charge is 0.411 e. The zero-order valence-corrected chi connectivity index (χ0v) is 17.9. The first-order valence-electron chi connectivity index (χ1n) is 9.32. The van der Waals surface area contributed by atoms with Gasteiger partial charge in [-0.1, -0.05) is 26.3 Å². The van der Waals surface area contributed by atoms with E-state index in [2.05, 4.69) is 26.3 Å². The Hall–Kier alpha value is -3.16. The van der Waals surface area contributed by atoms with Crippen LogP contribution in [-0.4, -0.2) is 35.5 Å². The van der Waals surface area contributed by atoms with Crippen LogP contribution in [-0.2, 0) is 38.1 Å². The summed E-state index contributed by atoms with van der Waals surface area (Å²) in [5.41, 5.74) is -0.00860. The minimum Gasteiger partial charge on any atom is -0.411 e. The van der Waals surface area contributed by atoms with E-state index in [9.17, 15) is 19.2 Å². The first-order chi connectivity index (χ1) is 13.8. The van der Waals surface area contributed by atoms with Gasteiger partial charge in [-0.3, -0.25) is 0 Å². The van der Waals surface area contributed by atoms with Gasteiger partial charge in [0, 0.05) is 35.1 Å². The molecule has 30 heavy (non-hydrogen) atoms. The third-order valence-electron chi connectivity index (χ3n) is 4.27. The zero-order chi connectivity index (χ0) is 23.3. The predicted molar refractivity (Wildman–Crippen MR) is 108 cm³/mol. The molecule has 1 fully saturated rings. The van der Waals surface area contributed by atoms with Crippen molar-refractivity contribution >= 4 is 23.9 Å². The highest BCUT2D eigenvalue weighted by Gasteiger charge is 2.66. The second-order valence-corrected chi connectivity index (χ2v) is 7.39. The van der Waals surface area contributed by atoms with Crippen molar-refractivity contribution < 1.29 is 38.1 Å². The summed E-state index contributed by atoms with van der Waals surface area (Å²) in [6, 6.07) is 0. The van der Waals surface area contributed by atoms with Gasteiger partial charge in [0.05, 0.1) is 0 Å². The molecule has 0 aromatic rings. The Morgan fingerprint density at radius 2 is 0.733 bits per heavy atom. The normalized spacial score (nSPS) is 16.4. The molecule has 8 nitrogen and oxygen atoms in total. The molecule has 0 aromatic heterocycles. The van der Waals surface area contributed by atoms with Crippen LogP contribution in [0.1, 0.15) is 53.4 Å². The van der Waals surface area contributed by atoms with E-state index in [-0.39, 0.29) is 35.1 Å². The van der Waals surface area contributed by atoms with Crippen molar-refractivity contribution in [3.8, 4) is 0 Å². The lowest BCUT2D eigenvalue weighted by Crippen LogP contribution is -2.65. The summed E-state index contributed by atoms with van der Waals surface area (Å²) in [6.07, 6.45) is 0.643. The lowest BCUT2D eigenvalue weighted by atomic mass is 9.86. The summed E-state index contributed by atoms with van der Waals surface area (Å²) in [7, 11) is 0. The SMILES string of the molecule is C=C(C)C(=O)OC1(OC(=O)C(=C)C)CCCCC1(OC(=O)C(=C)C)OC(=O)C(=C)C. The fraction of sp³-hybridized carbons (Fsp3) is 0.455. The van der Waals surface area contributed by atoms with E-state index < -0.39 is 35.5 Å². The summed E-state index contributed by atoms with van der Waals surface area (Å²) >= 11 is 0. The maximum absolute atomic E-state index is 12.4. The van der Waals surface area contributed by atoms with Gasteiger partial charge in [0.2, 0.25) is 0 Å². The lowest BCUT2D eigenvalue weighted by Gasteiger charge is -2.48. The molecule has 0 bridgehead atoms. The third-order valence-corrected chi connectivity index (χ3v) is 4.27. The fourth-order valence-electron chi connectivity index (χ4n) is 2.60. The van der Waals surface area contributed by atoms with E-state index in [4.69, 9.17) is 18.9 Å². The molecule has 0 spiro atoms. The van der Waals surface area contributed by atoms with Crippen LogP contribution in [0, 0.1) is 0 Å². The molecule has 0 amide bonds. The van der Waals surface area contributed by atoms with Crippen molar-refractivity contribution in [2.45, 2.75) is 65.0 Å². The van der Waals surface area contributed by atoms with Crippen LogP contribution < -0.4 is 0 Å². The van der Waals surface area contributed by atoms with Gasteiger partial charge in [-0.25, -0.2) is 19.2 Å². The first-order valence-corrected chi connectivity index (χ1v) is 9.32. The van der Waals surface area contributed by atoms with E-state index in [0.717, 1.165) is 0 Å². The standard InChI is InChI=1S/C22H28O8/c1-13(2)17(23)27-21(28-18(24)14(3)4)11-9-10-12-22(21,29-19(25)15(5)6)30-20(26)16(7)8/h1,3,5,7,9-12H2,2,4,6,8H3. The van der Waals surface area contributed by atoms with Gasteiger partial charge in [0.25, 0.3) is 0 Å². The van der Waals surface area contributed by atoms with Crippen LogP contribution >= 0.6 is 0 Å². The van der Waals surface area contributed by atoms with Crippen molar-refractivity contribution in [3.05, 3.63) is 48.6 Å². The molecule has 8 heteroatoms. The minimum absolute atomic E-state index is 0.00215. The maximum Gasteiger partial charge on any atom is 0.336 e. The highest BCUT2D eigenvalue weighted by atomic mass is 16.8. The monoisotopic (exact) mass is 420 g/mol. The van der Waals surface area contributed by atoms with Crippen LogP contribution in [0.25, 0.3) is 0 Å². The number of ether oxygens (including phenoxy) is 4. The Morgan fingerprint density at radius 1 is 0.533 bits per heavy atom. The van der Waals surface area contributed by atoms with E-state index >= 15 is 0 Å². The first kappa shape index (κ1) is 24.9. The maximum atomic E-state index is 12.4. The second-order valence-electron chi connectivity index (χ2n) is 7.39. The number of hydrogen-bond donors (Lipinski definition) is 0. The van der Waals surface area contributed by atoms with Crippen LogP contribution in [0.2, 0.25) is 0 Å². The average Bonchev–Trinajstić information content (AvgIpc) is 2.63. The molecule has 1 rings (SSSR count). The Morgan fingerprint density at radius 3 is 0.900 bits per heavy atom.